The average Bonchev–Trinajstić information content (AvgIpc) is 2.66. The third kappa shape index (κ3) is 3.44. The number of nitrogens with one attached hydrogen (secondary N) is 1. The molecule has 26 heavy (non-hydrogen) atoms. The second-order valence-electron chi connectivity index (χ2n) is 6.93. The molecule has 0 saturated heterocycles. The second-order valence-corrected chi connectivity index (χ2v) is 7.85. The molecule has 4 rings (SSSR count). The lowest BCUT2D eigenvalue weighted by Crippen LogP contribution is -2.44. The standard InChI is InChI=1S/C22H23BrN2O/c1-15(19-9-5-7-16-6-3-4-8-20(16)19)24-13-18-14-25(2)21-12-17(23)10-11-22(21)26-18/h3-12,15,18,24H,13-14H2,1-2H3. The van der Waals surface area contributed by atoms with Gasteiger partial charge in [-0.2, -0.15) is 0 Å². The van der Waals surface area contributed by atoms with Crippen LogP contribution in [0, 0.1) is 0 Å². The van der Waals surface area contributed by atoms with Gasteiger partial charge in [-0.05, 0) is 41.5 Å². The molecule has 1 aliphatic heterocycles. The molecule has 3 aromatic rings. The van der Waals surface area contributed by atoms with Crippen molar-refractivity contribution in [2.45, 2.75) is 19.1 Å². The van der Waals surface area contributed by atoms with E-state index in [0.717, 1.165) is 29.0 Å². The van der Waals surface area contributed by atoms with Crippen LogP contribution < -0.4 is 15.0 Å². The number of likely N-dealkylation sites (N-methyl/N-ethyl adjacent to an activating group) is 1. The van der Waals surface area contributed by atoms with Crippen molar-refractivity contribution in [1.82, 2.24) is 5.32 Å². The number of halogens is 1. The smallest absolute Gasteiger partial charge is 0.143 e. The number of hydrogen-bond donors (Lipinski definition) is 1. The Morgan fingerprint density at radius 1 is 1.15 bits per heavy atom. The molecule has 0 bridgehead atoms. The number of fused-ring (bicyclic) bond motifs is 2. The summed E-state index contributed by atoms with van der Waals surface area (Å²) in [5.74, 6) is 0.951. The number of anilines is 1. The lowest BCUT2D eigenvalue weighted by molar-refractivity contribution is 0.188. The summed E-state index contributed by atoms with van der Waals surface area (Å²) in [5.41, 5.74) is 2.47. The fourth-order valence-electron chi connectivity index (χ4n) is 3.66. The molecular formula is C22H23BrN2O. The Morgan fingerprint density at radius 2 is 1.96 bits per heavy atom. The van der Waals surface area contributed by atoms with Crippen LogP contribution in [0.15, 0.2) is 65.1 Å². The summed E-state index contributed by atoms with van der Waals surface area (Å²) in [7, 11) is 2.12. The molecule has 0 aromatic heterocycles. The van der Waals surface area contributed by atoms with E-state index in [1.54, 1.807) is 0 Å². The van der Waals surface area contributed by atoms with Crippen molar-refractivity contribution >= 4 is 32.4 Å². The number of ether oxygens (including phenoxy) is 1. The first-order valence-electron chi connectivity index (χ1n) is 9.00. The fraction of sp³-hybridized carbons (Fsp3) is 0.273. The fourth-order valence-corrected chi connectivity index (χ4v) is 4.01. The third-order valence-corrected chi connectivity index (χ3v) is 5.54. The van der Waals surface area contributed by atoms with E-state index in [1.807, 2.05) is 12.1 Å². The van der Waals surface area contributed by atoms with E-state index in [9.17, 15) is 0 Å². The third-order valence-electron chi connectivity index (χ3n) is 5.04. The Labute approximate surface area is 163 Å². The lowest BCUT2D eigenvalue weighted by atomic mass is 9.99. The van der Waals surface area contributed by atoms with Crippen LogP contribution in [0.4, 0.5) is 5.69 Å². The SMILES string of the molecule is CC(NCC1CN(C)c2cc(Br)ccc2O1)c1cccc2ccccc12. The van der Waals surface area contributed by atoms with Crippen LogP contribution in [-0.4, -0.2) is 26.2 Å². The van der Waals surface area contributed by atoms with E-state index in [-0.39, 0.29) is 12.1 Å². The van der Waals surface area contributed by atoms with Crippen molar-refractivity contribution in [3.05, 3.63) is 70.7 Å². The van der Waals surface area contributed by atoms with E-state index in [0.29, 0.717) is 0 Å². The summed E-state index contributed by atoms with van der Waals surface area (Å²) in [6.45, 7) is 3.91. The maximum absolute atomic E-state index is 6.21. The summed E-state index contributed by atoms with van der Waals surface area (Å²) in [4.78, 5) is 2.26. The maximum atomic E-state index is 6.21. The molecule has 0 amide bonds. The zero-order chi connectivity index (χ0) is 18.1. The van der Waals surface area contributed by atoms with Gasteiger partial charge in [-0.1, -0.05) is 58.4 Å². The normalized spacial score (nSPS) is 17.7. The quantitative estimate of drug-likeness (QED) is 0.643. The van der Waals surface area contributed by atoms with Gasteiger partial charge >= 0.3 is 0 Å². The van der Waals surface area contributed by atoms with Gasteiger partial charge in [0, 0.05) is 24.1 Å². The van der Waals surface area contributed by atoms with Crippen LogP contribution >= 0.6 is 15.9 Å². The highest BCUT2D eigenvalue weighted by molar-refractivity contribution is 9.10. The molecule has 3 nitrogen and oxygen atoms in total. The molecule has 0 saturated carbocycles. The molecule has 1 aliphatic rings. The Balaban J connectivity index is 1.46. The van der Waals surface area contributed by atoms with Crippen LogP contribution in [0.3, 0.4) is 0 Å². The van der Waals surface area contributed by atoms with Crippen molar-refractivity contribution in [2.75, 3.05) is 25.0 Å². The Bertz CT molecular complexity index is 922. The second kappa shape index (κ2) is 7.29. The first-order valence-corrected chi connectivity index (χ1v) is 9.79. The molecule has 1 heterocycles. The van der Waals surface area contributed by atoms with E-state index < -0.39 is 0 Å². The van der Waals surface area contributed by atoms with Gasteiger partial charge < -0.3 is 15.0 Å². The van der Waals surface area contributed by atoms with Crippen molar-refractivity contribution in [1.29, 1.82) is 0 Å². The van der Waals surface area contributed by atoms with Gasteiger partial charge in [0.2, 0.25) is 0 Å². The predicted molar refractivity (Wildman–Crippen MR) is 112 cm³/mol. The van der Waals surface area contributed by atoms with Gasteiger partial charge in [0.05, 0.1) is 12.2 Å². The first kappa shape index (κ1) is 17.4. The summed E-state index contributed by atoms with van der Waals surface area (Å²) < 4.78 is 7.28. The molecule has 2 atom stereocenters. The van der Waals surface area contributed by atoms with Gasteiger partial charge in [0.1, 0.15) is 11.9 Å². The largest absolute Gasteiger partial charge is 0.485 e. The van der Waals surface area contributed by atoms with Crippen molar-refractivity contribution in [3.63, 3.8) is 0 Å². The van der Waals surface area contributed by atoms with E-state index in [1.165, 1.54) is 16.3 Å². The van der Waals surface area contributed by atoms with Crippen LogP contribution in [0.1, 0.15) is 18.5 Å². The van der Waals surface area contributed by atoms with Crippen molar-refractivity contribution in [3.8, 4) is 5.75 Å². The monoisotopic (exact) mass is 410 g/mol. The molecule has 134 valence electrons. The molecule has 0 spiro atoms. The van der Waals surface area contributed by atoms with Crippen LogP contribution in [0.2, 0.25) is 0 Å². The Kier molecular flexibility index (Phi) is 4.88. The molecular weight excluding hydrogens is 388 g/mol. The van der Waals surface area contributed by atoms with Crippen molar-refractivity contribution < 1.29 is 4.74 Å². The highest BCUT2D eigenvalue weighted by Gasteiger charge is 2.24. The number of benzene rings is 3. The first-order chi connectivity index (χ1) is 12.6. The van der Waals surface area contributed by atoms with E-state index in [4.69, 9.17) is 4.74 Å². The summed E-state index contributed by atoms with van der Waals surface area (Å²) in [6.07, 6.45) is 0.131. The Morgan fingerprint density at radius 3 is 2.85 bits per heavy atom. The predicted octanol–water partition coefficient (Wildman–Crippen LogP) is 5.15. The summed E-state index contributed by atoms with van der Waals surface area (Å²) >= 11 is 3.53. The van der Waals surface area contributed by atoms with Gasteiger partial charge in [-0.3, -0.25) is 0 Å². The molecule has 1 N–H and O–H groups in total. The minimum atomic E-state index is 0.131. The zero-order valence-corrected chi connectivity index (χ0v) is 16.7. The van der Waals surface area contributed by atoms with E-state index >= 15 is 0 Å². The minimum Gasteiger partial charge on any atom is -0.485 e. The minimum absolute atomic E-state index is 0.131. The molecule has 0 fully saturated rings. The van der Waals surface area contributed by atoms with Crippen molar-refractivity contribution in [2.24, 2.45) is 0 Å². The summed E-state index contributed by atoms with van der Waals surface area (Å²) in [6, 6.07) is 21.5. The molecule has 0 radical (unpaired) electrons. The van der Waals surface area contributed by atoms with Crippen LogP contribution in [0.5, 0.6) is 5.75 Å². The van der Waals surface area contributed by atoms with E-state index in [2.05, 4.69) is 88.6 Å². The zero-order valence-electron chi connectivity index (χ0n) is 15.1. The summed E-state index contributed by atoms with van der Waals surface area (Å²) in [5, 5.41) is 6.26. The Hall–Kier alpha value is -2.04. The highest BCUT2D eigenvalue weighted by atomic mass is 79.9. The average molecular weight is 411 g/mol. The topological polar surface area (TPSA) is 24.5 Å². The molecule has 3 aromatic carbocycles. The number of nitrogens with zero attached hydrogens (tertiary/aromatic N) is 1. The highest BCUT2D eigenvalue weighted by Crippen LogP contribution is 2.35. The number of rotatable bonds is 4. The molecule has 2 unspecified atom stereocenters. The maximum Gasteiger partial charge on any atom is 0.143 e. The van der Waals surface area contributed by atoms with Crippen LogP contribution in [-0.2, 0) is 0 Å². The molecule has 0 aliphatic carbocycles. The van der Waals surface area contributed by atoms with Gasteiger partial charge in [-0.25, -0.2) is 0 Å². The molecule has 4 heteroatoms. The van der Waals surface area contributed by atoms with Gasteiger partial charge in [0.15, 0.2) is 0 Å². The number of hydrogen-bond acceptors (Lipinski definition) is 3. The van der Waals surface area contributed by atoms with Gasteiger partial charge in [0.25, 0.3) is 0 Å². The van der Waals surface area contributed by atoms with Gasteiger partial charge in [-0.15, -0.1) is 0 Å². The van der Waals surface area contributed by atoms with Crippen LogP contribution in [0.25, 0.3) is 10.8 Å². The lowest BCUT2D eigenvalue weighted by Gasteiger charge is -2.34.